The lowest BCUT2D eigenvalue weighted by atomic mass is 10.1. The van der Waals surface area contributed by atoms with Gasteiger partial charge in [-0.3, -0.25) is 14.4 Å². The molecule has 4 N–H and O–H groups in total. The first-order valence-corrected chi connectivity index (χ1v) is 8.86. The lowest BCUT2D eigenvalue weighted by Crippen LogP contribution is -2.26. The SMILES string of the molecule is CNC(=O)Cc1c[nH]c(=O)c2[nH]c3ccc(NC(=O)C4CCCO4)cc3c12. The van der Waals surface area contributed by atoms with Crippen LogP contribution in [0.5, 0.6) is 0 Å². The predicted molar refractivity (Wildman–Crippen MR) is 102 cm³/mol. The average Bonchev–Trinajstić information content (AvgIpc) is 3.32. The van der Waals surface area contributed by atoms with Gasteiger partial charge in [-0.1, -0.05) is 0 Å². The zero-order valence-electron chi connectivity index (χ0n) is 14.8. The van der Waals surface area contributed by atoms with E-state index in [1.54, 1.807) is 19.3 Å². The number of benzene rings is 1. The molecular weight excluding hydrogens is 348 g/mol. The summed E-state index contributed by atoms with van der Waals surface area (Å²) in [6.07, 6.45) is 2.88. The summed E-state index contributed by atoms with van der Waals surface area (Å²) in [5, 5.41) is 6.93. The number of aromatic amines is 2. The van der Waals surface area contributed by atoms with E-state index in [0.717, 1.165) is 17.3 Å². The average molecular weight is 368 g/mol. The lowest BCUT2D eigenvalue weighted by molar-refractivity contribution is -0.124. The fourth-order valence-electron chi connectivity index (χ4n) is 3.48. The van der Waals surface area contributed by atoms with Crippen molar-refractivity contribution in [1.82, 2.24) is 15.3 Å². The number of nitrogens with one attached hydrogen (secondary N) is 4. The maximum absolute atomic E-state index is 12.3. The van der Waals surface area contributed by atoms with E-state index in [1.165, 1.54) is 0 Å². The molecule has 0 saturated carbocycles. The fourth-order valence-corrected chi connectivity index (χ4v) is 3.48. The highest BCUT2D eigenvalue weighted by molar-refractivity contribution is 6.11. The van der Waals surface area contributed by atoms with E-state index in [2.05, 4.69) is 20.6 Å². The summed E-state index contributed by atoms with van der Waals surface area (Å²) in [6, 6.07) is 5.40. The third kappa shape index (κ3) is 3.19. The molecular formula is C19H20N4O4. The molecule has 1 aliphatic rings. The summed E-state index contributed by atoms with van der Waals surface area (Å²) < 4.78 is 5.41. The Hall–Kier alpha value is -3.13. The largest absolute Gasteiger partial charge is 0.368 e. The maximum atomic E-state index is 12.3. The van der Waals surface area contributed by atoms with Crippen LogP contribution in [0.1, 0.15) is 18.4 Å². The zero-order valence-corrected chi connectivity index (χ0v) is 14.8. The van der Waals surface area contributed by atoms with Crippen molar-refractivity contribution in [1.29, 1.82) is 0 Å². The normalized spacial score (nSPS) is 16.7. The summed E-state index contributed by atoms with van der Waals surface area (Å²) in [5.74, 6) is -0.323. The number of hydrogen-bond acceptors (Lipinski definition) is 4. The van der Waals surface area contributed by atoms with Crippen LogP contribution in [-0.4, -0.2) is 41.5 Å². The van der Waals surface area contributed by atoms with Crippen LogP contribution in [0.3, 0.4) is 0 Å². The van der Waals surface area contributed by atoms with Gasteiger partial charge in [0.05, 0.1) is 6.42 Å². The minimum Gasteiger partial charge on any atom is -0.368 e. The van der Waals surface area contributed by atoms with Gasteiger partial charge in [0, 0.05) is 41.8 Å². The highest BCUT2D eigenvalue weighted by Crippen LogP contribution is 2.29. The van der Waals surface area contributed by atoms with Crippen molar-refractivity contribution < 1.29 is 14.3 Å². The summed E-state index contributed by atoms with van der Waals surface area (Å²) >= 11 is 0. The van der Waals surface area contributed by atoms with Crippen LogP contribution < -0.4 is 16.2 Å². The molecule has 8 heteroatoms. The van der Waals surface area contributed by atoms with Crippen molar-refractivity contribution in [2.24, 2.45) is 0 Å². The number of pyridine rings is 1. The van der Waals surface area contributed by atoms with E-state index < -0.39 is 6.10 Å². The van der Waals surface area contributed by atoms with E-state index in [0.29, 0.717) is 35.2 Å². The van der Waals surface area contributed by atoms with Gasteiger partial charge in [-0.05, 0) is 36.6 Å². The third-order valence-corrected chi connectivity index (χ3v) is 4.84. The molecule has 140 valence electrons. The van der Waals surface area contributed by atoms with Gasteiger partial charge >= 0.3 is 0 Å². The molecule has 27 heavy (non-hydrogen) atoms. The topological polar surface area (TPSA) is 116 Å². The highest BCUT2D eigenvalue weighted by atomic mass is 16.5. The Kier molecular flexibility index (Phi) is 4.41. The molecule has 0 spiro atoms. The number of amides is 2. The molecule has 2 amide bonds. The maximum Gasteiger partial charge on any atom is 0.272 e. The van der Waals surface area contributed by atoms with Crippen LogP contribution >= 0.6 is 0 Å². The molecule has 0 radical (unpaired) electrons. The van der Waals surface area contributed by atoms with Crippen LogP contribution in [0.15, 0.2) is 29.2 Å². The number of ether oxygens (including phenoxy) is 1. The first-order chi connectivity index (χ1) is 13.1. The second kappa shape index (κ2) is 6.88. The molecule has 0 bridgehead atoms. The number of fused-ring (bicyclic) bond motifs is 3. The van der Waals surface area contributed by atoms with Gasteiger partial charge in [0.2, 0.25) is 5.91 Å². The number of likely N-dealkylation sites (N-methyl/N-ethyl adjacent to an activating group) is 1. The van der Waals surface area contributed by atoms with Gasteiger partial charge < -0.3 is 25.3 Å². The molecule has 3 heterocycles. The minimum atomic E-state index is -0.421. The van der Waals surface area contributed by atoms with Gasteiger partial charge in [-0.2, -0.15) is 0 Å². The van der Waals surface area contributed by atoms with Crippen LogP contribution in [0, 0.1) is 0 Å². The van der Waals surface area contributed by atoms with Gasteiger partial charge in [-0.15, -0.1) is 0 Å². The van der Waals surface area contributed by atoms with Crippen LogP contribution in [0.4, 0.5) is 5.69 Å². The van der Waals surface area contributed by atoms with Crippen molar-refractivity contribution in [3.05, 3.63) is 40.3 Å². The third-order valence-electron chi connectivity index (χ3n) is 4.84. The molecule has 2 aromatic heterocycles. The molecule has 1 aliphatic heterocycles. The van der Waals surface area contributed by atoms with Crippen LogP contribution in [0.25, 0.3) is 21.8 Å². The smallest absolute Gasteiger partial charge is 0.272 e. The number of carbonyl (C=O) groups excluding carboxylic acids is 2. The second-order valence-corrected chi connectivity index (χ2v) is 6.62. The molecule has 1 aromatic carbocycles. The Morgan fingerprint density at radius 3 is 2.93 bits per heavy atom. The van der Waals surface area contributed by atoms with Gasteiger partial charge in [0.15, 0.2) is 0 Å². The lowest BCUT2D eigenvalue weighted by Gasteiger charge is -2.10. The number of anilines is 1. The Labute approximate surface area is 154 Å². The first kappa shape index (κ1) is 17.3. The first-order valence-electron chi connectivity index (χ1n) is 8.86. The Bertz CT molecular complexity index is 1090. The van der Waals surface area contributed by atoms with Crippen molar-refractivity contribution in [2.75, 3.05) is 19.0 Å². The number of hydrogen-bond donors (Lipinski definition) is 4. The number of rotatable bonds is 4. The van der Waals surface area contributed by atoms with Crippen molar-refractivity contribution in [3.8, 4) is 0 Å². The van der Waals surface area contributed by atoms with E-state index in [-0.39, 0.29) is 23.8 Å². The van der Waals surface area contributed by atoms with E-state index in [4.69, 9.17) is 4.74 Å². The number of aromatic nitrogens is 2. The Morgan fingerprint density at radius 2 is 2.19 bits per heavy atom. The Balaban J connectivity index is 1.78. The van der Waals surface area contributed by atoms with Crippen molar-refractivity contribution in [2.45, 2.75) is 25.4 Å². The molecule has 1 fully saturated rings. The molecule has 1 unspecified atom stereocenters. The van der Waals surface area contributed by atoms with Gasteiger partial charge in [-0.25, -0.2) is 0 Å². The number of carbonyl (C=O) groups is 2. The summed E-state index contributed by atoms with van der Waals surface area (Å²) in [6.45, 7) is 0.602. The molecule has 3 aromatic rings. The monoisotopic (exact) mass is 368 g/mol. The van der Waals surface area contributed by atoms with Gasteiger partial charge in [0.1, 0.15) is 11.6 Å². The standard InChI is InChI=1S/C19H20N4O4/c1-20-15(24)7-10-9-21-19(26)17-16(10)12-8-11(4-5-13(12)23-17)22-18(25)14-3-2-6-27-14/h4-5,8-9,14,23H,2-3,6-7H2,1H3,(H,20,24)(H,21,26)(H,22,25). The Morgan fingerprint density at radius 1 is 1.33 bits per heavy atom. The van der Waals surface area contributed by atoms with E-state index >= 15 is 0 Å². The quantitative estimate of drug-likeness (QED) is 0.557. The minimum absolute atomic E-state index is 0.142. The number of H-pyrrole nitrogens is 2. The van der Waals surface area contributed by atoms with Crippen molar-refractivity contribution >= 4 is 39.3 Å². The molecule has 1 atom stereocenters. The second-order valence-electron chi connectivity index (χ2n) is 6.62. The molecule has 4 rings (SSSR count). The molecule has 1 saturated heterocycles. The van der Waals surface area contributed by atoms with Gasteiger partial charge in [0.25, 0.3) is 11.5 Å². The van der Waals surface area contributed by atoms with Crippen LogP contribution in [-0.2, 0) is 20.7 Å². The zero-order chi connectivity index (χ0) is 19.0. The van der Waals surface area contributed by atoms with E-state index in [9.17, 15) is 14.4 Å². The summed E-state index contributed by atoms with van der Waals surface area (Å²) in [5.41, 5.74) is 2.24. The van der Waals surface area contributed by atoms with Crippen LogP contribution in [0.2, 0.25) is 0 Å². The molecule has 8 nitrogen and oxygen atoms in total. The van der Waals surface area contributed by atoms with Crippen molar-refractivity contribution in [3.63, 3.8) is 0 Å². The highest BCUT2D eigenvalue weighted by Gasteiger charge is 2.23. The van der Waals surface area contributed by atoms with E-state index in [1.807, 2.05) is 12.1 Å². The summed E-state index contributed by atoms with van der Waals surface area (Å²) in [4.78, 5) is 42.1. The fraction of sp³-hybridized carbons (Fsp3) is 0.316. The predicted octanol–water partition coefficient (Wildman–Crippen LogP) is 1.42. The summed E-state index contributed by atoms with van der Waals surface area (Å²) in [7, 11) is 1.57. The molecule has 0 aliphatic carbocycles.